The first-order valence-corrected chi connectivity index (χ1v) is 14.8. The lowest BCUT2D eigenvalue weighted by molar-refractivity contribution is -0.274. The van der Waals surface area contributed by atoms with Gasteiger partial charge in [-0.2, -0.15) is 10.4 Å². The minimum absolute atomic E-state index is 0.0110. The molecular weight excluding hydrogens is 555 g/mol. The molecule has 1 heterocycles. The van der Waals surface area contributed by atoms with Gasteiger partial charge in [0.25, 0.3) is 0 Å². The van der Waals surface area contributed by atoms with Crippen molar-refractivity contribution < 1.29 is 33.5 Å². The Labute approximate surface area is 241 Å². The van der Waals surface area contributed by atoms with Crippen LogP contribution in [0.5, 0.6) is 0 Å². The fourth-order valence-corrected chi connectivity index (χ4v) is 5.88. The molecule has 41 heavy (non-hydrogen) atoms. The van der Waals surface area contributed by atoms with Gasteiger partial charge in [-0.05, 0) is 60.6 Å². The van der Waals surface area contributed by atoms with Crippen LogP contribution in [0, 0.1) is 11.7 Å². The van der Waals surface area contributed by atoms with E-state index in [2.05, 4.69) is 24.3 Å². The fourth-order valence-electron chi connectivity index (χ4n) is 5.04. The standard InChI is InChI=1S/C30H36F3N3O4S/c1-4-30(32,33)14-6-7-18(2)19(3)20-10-12-22(13-11-20)28-34-27(17-41-28)36(39,40)35-26-16-25(31)24(29(37)38)15-23(26)21-8-5-9-21/h10-13,15-19,21,35,39-40H,4-9,14H2,1-3H3/p+1. The summed E-state index contributed by atoms with van der Waals surface area (Å²) in [5.74, 6) is -4.72. The third kappa shape index (κ3) is 7.27. The Bertz CT molecular complexity index is 1360. The van der Waals surface area contributed by atoms with Gasteiger partial charge in [0.2, 0.25) is 5.92 Å². The van der Waals surface area contributed by atoms with Crippen LogP contribution in [0.15, 0.2) is 41.8 Å². The van der Waals surface area contributed by atoms with E-state index in [-0.39, 0.29) is 42.1 Å². The molecule has 2 unspecified atom stereocenters. The quantitative estimate of drug-likeness (QED) is 0.117. The van der Waals surface area contributed by atoms with Gasteiger partial charge in [-0.1, -0.05) is 51.5 Å². The zero-order valence-corrected chi connectivity index (χ0v) is 24.2. The summed E-state index contributed by atoms with van der Waals surface area (Å²) in [6.45, 7) is 5.66. The topological polar surface area (TPSA) is 103 Å². The van der Waals surface area contributed by atoms with E-state index in [1.807, 2.05) is 24.3 Å². The van der Waals surface area contributed by atoms with Crippen molar-refractivity contribution in [2.24, 2.45) is 5.92 Å². The SMILES string of the molecule is CCC(F)(F)CCCC(C)C(C)c1ccc(-c2nc([N+](O)(O)Nc3cc(F)c(C(=O)O)cc3C3CCC3)cs2)cc1. The summed E-state index contributed by atoms with van der Waals surface area (Å²) < 4.78 is 41.6. The summed E-state index contributed by atoms with van der Waals surface area (Å²) in [6.07, 6.45) is 3.48. The number of thiazole rings is 1. The molecule has 1 saturated carbocycles. The molecule has 222 valence electrons. The summed E-state index contributed by atoms with van der Waals surface area (Å²) in [4.78, 5) is 14.0. The number of hydrogen-bond acceptors (Lipinski definition) is 6. The Hall–Kier alpha value is -2.99. The predicted molar refractivity (Wildman–Crippen MR) is 153 cm³/mol. The van der Waals surface area contributed by atoms with Gasteiger partial charge in [0.1, 0.15) is 15.7 Å². The third-order valence-electron chi connectivity index (χ3n) is 8.26. The average molecular weight is 593 g/mol. The smallest absolute Gasteiger partial charge is 0.338 e. The molecule has 2 aromatic carbocycles. The number of benzene rings is 2. The van der Waals surface area contributed by atoms with Crippen LogP contribution in [0.1, 0.15) is 99.0 Å². The summed E-state index contributed by atoms with van der Waals surface area (Å²) in [5, 5.41) is 33.0. The lowest BCUT2D eigenvalue weighted by atomic mass is 9.79. The van der Waals surface area contributed by atoms with Crippen LogP contribution in [0.4, 0.5) is 24.7 Å². The number of carbonyl (C=O) groups is 1. The van der Waals surface area contributed by atoms with E-state index < -0.39 is 28.2 Å². The zero-order valence-electron chi connectivity index (χ0n) is 23.4. The molecule has 0 spiro atoms. The molecule has 2 atom stereocenters. The molecule has 11 heteroatoms. The van der Waals surface area contributed by atoms with Crippen molar-refractivity contribution in [1.82, 2.24) is 9.90 Å². The number of halogens is 3. The maximum atomic E-state index is 14.5. The number of carboxylic acids is 1. The predicted octanol–water partition coefficient (Wildman–Crippen LogP) is 8.98. The van der Waals surface area contributed by atoms with Crippen molar-refractivity contribution in [1.29, 1.82) is 0 Å². The zero-order chi connectivity index (χ0) is 29.9. The lowest BCUT2D eigenvalue weighted by Crippen LogP contribution is -2.48. The van der Waals surface area contributed by atoms with Gasteiger partial charge < -0.3 is 5.11 Å². The molecule has 1 fully saturated rings. The maximum absolute atomic E-state index is 14.5. The Kier molecular flexibility index (Phi) is 9.42. The van der Waals surface area contributed by atoms with E-state index in [9.17, 15) is 33.5 Å². The van der Waals surface area contributed by atoms with Crippen LogP contribution < -0.4 is 10.3 Å². The van der Waals surface area contributed by atoms with E-state index in [1.54, 1.807) is 0 Å². The Balaban J connectivity index is 1.46. The Morgan fingerprint density at radius 1 is 1.20 bits per heavy atom. The van der Waals surface area contributed by atoms with Crippen LogP contribution in [0.25, 0.3) is 10.6 Å². The van der Waals surface area contributed by atoms with Crippen LogP contribution in [0.3, 0.4) is 0 Å². The molecule has 0 aliphatic heterocycles. The minimum atomic E-state index is -2.60. The second-order valence-corrected chi connectivity index (χ2v) is 11.9. The third-order valence-corrected chi connectivity index (χ3v) is 9.14. The van der Waals surface area contributed by atoms with Gasteiger partial charge >= 0.3 is 11.8 Å². The van der Waals surface area contributed by atoms with Crippen molar-refractivity contribution in [2.45, 2.75) is 83.5 Å². The van der Waals surface area contributed by atoms with Crippen LogP contribution in [-0.4, -0.2) is 32.4 Å². The number of alkyl halides is 2. The number of nitrogens with one attached hydrogen (secondary N) is 1. The second-order valence-electron chi connectivity index (χ2n) is 11.1. The molecule has 4 N–H and O–H groups in total. The summed E-state index contributed by atoms with van der Waals surface area (Å²) in [7, 11) is 0. The Morgan fingerprint density at radius 3 is 2.46 bits per heavy atom. The normalized spacial score (nSPS) is 15.8. The number of anilines is 1. The number of aromatic nitrogens is 1. The van der Waals surface area contributed by atoms with Gasteiger partial charge in [0.15, 0.2) is 0 Å². The molecule has 0 amide bonds. The van der Waals surface area contributed by atoms with E-state index >= 15 is 0 Å². The number of quaternary nitrogens is 1. The highest BCUT2D eigenvalue weighted by molar-refractivity contribution is 7.13. The number of hydrogen-bond donors (Lipinski definition) is 4. The molecule has 3 aromatic rings. The first-order chi connectivity index (χ1) is 19.3. The van der Waals surface area contributed by atoms with Gasteiger partial charge in [-0.15, -0.1) is 21.8 Å². The van der Waals surface area contributed by atoms with E-state index in [1.165, 1.54) is 29.7 Å². The molecule has 1 aromatic heterocycles. The molecule has 1 aliphatic carbocycles. The van der Waals surface area contributed by atoms with Gasteiger partial charge in [0.05, 0.1) is 16.6 Å². The summed E-state index contributed by atoms with van der Waals surface area (Å²) >= 11 is 1.20. The van der Waals surface area contributed by atoms with Gasteiger partial charge in [-0.25, -0.2) is 18.0 Å². The highest BCUT2D eigenvalue weighted by atomic mass is 32.1. The van der Waals surface area contributed by atoms with Gasteiger partial charge in [0, 0.05) is 24.5 Å². The largest absolute Gasteiger partial charge is 0.478 e. The Morgan fingerprint density at radius 2 is 1.88 bits per heavy atom. The number of rotatable bonds is 13. The van der Waals surface area contributed by atoms with Gasteiger partial charge in [-0.3, -0.25) is 0 Å². The van der Waals surface area contributed by atoms with Crippen molar-refractivity contribution in [3.05, 3.63) is 64.3 Å². The highest BCUT2D eigenvalue weighted by Gasteiger charge is 2.35. The van der Waals surface area contributed by atoms with Crippen LogP contribution >= 0.6 is 11.3 Å². The van der Waals surface area contributed by atoms with Crippen molar-refractivity contribution in [3.63, 3.8) is 0 Å². The number of aromatic carboxylic acids is 1. The summed E-state index contributed by atoms with van der Waals surface area (Å²) in [6, 6.07) is 9.93. The molecular formula is C30H37F3N3O4S+. The number of carboxylic acid groups (broad SMARTS) is 1. The van der Waals surface area contributed by atoms with Crippen LogP contribution in [-0.2, 0) is 0 Å². The van der Waals surface area contributed by atoms with Crippen molar-refractivity contribution in [3.8, 4) is 10.6 Å². The van der Waals surface area contributed by atoms with E-state index in [4.69, 9.17) is 0 Å². The molecule has 4 rings (SSSR count). The highest BCUT2D eigenvalue weighted by Crippen LogP contribution is 2.42. The number of nitrogens with zero attached hydrogens (tertiary/aromatic N) is 2. The maximum Gasteiger partial charge on any atom is 0.338 e. The molecule has 1 aliphatic rings. The molecule has 7 nitrogen and oxygen atoms in total. The fraction of sp³-hybridized carbons (Fsp3) is 0.467. The second kappa shape index (κ2) is 12.5. The van der Waals surface area contributed by atoms with Crippen LogP contribution in [0.2, 0.25) is 0 Å². The summed E-state index contributed by atoms with van der Waals surface area (Å²) in [5.41, 5.74) is 4.47. The monoisotopic (exact) mass is 592 g/mol. The molecule has 0 saturated heterocycles. The van der Waals surface area contributed by atoms with Crippen molar-refractivity contribution in [2.75, 3.05) is 5.43 Å². The molecule has 0 radical (unpaired) electrons. The van der Waals surface area contributed by atoms with E-state index in [0.29, 0.717) is 23.4 Å². The van der Waals surface area contributed by atoms with E-state index in [0.717, 1.165) is 36.5 Å². The average Bonchev–Trinajstić information content (AvgIpc) is 3.40. The first-order valence-electron chi connectivity index (χ1n) is 13.9. The minimum Gasteiger partial charge on any atom is -0.478 e. The lowest BCUT2D eigenvalue weighted by Gasteiger charge is -2.29. The van der Waals surface area contributed by atoms with Crippen molar-refractivity contribution >= 4 is 28.8 Å². The first kappa shape index (κ1) is 31.0. The molecule has 0 bridgehead atoms.